The van der Waals surface area contributed by atoms with E-state index in [-0.39, 0.29) is 8.96 Å². The molecule has 1 nitrogen and oxygen atoms in total. The molecule has 0 aromatic carbocycles. The van der Waals surface area contributed by atoms with Crippen molar-refractivity contribution in [1.29, 1.82) is 0 Å². The fourth-order valence-electron chi connectivity index (χ4n) is 1.47. The van der Waals surface area contributed by atoms with Gasteiger partial charge in [-0.25, -0.2) is 0 Å². The lowest BCUT2D eigenvalue weighted by Crippen LogP contribution is -2.49. The van der Waals surface area contributed by atoms with Gasteiger partial charge >= 0.3 is 0 Å². The minimum absolute atomic E-state index is 0.175. The Hall–Kier alpha value is 0.611. The summed E-state index contributed by atoms with van der Waals surface area (Å²) < 4.78 is 2.59. The van der Waals surface area contributed by atoms with Crippen LogP contribution in [-0.2, 0) is 0 Å². The molecule has 15 heavy (non-hydrogen) atoms. The SMILES string of the molecule is C1CC[Si]CC1.CN([Si](C)C)[Si](C)(C)C. The van der Waals surface area contributed by atoms with E-state index in [4.69, 9.17) is 0 Å². The average molecular weight is 259 g/mol. The van der Waals surface area contributed by atoms with Crippen LogP contribution in [0.3, 0.4) is 0 Å². The molecule has 4 heteroatoms. The summed E-state index contributed by atoms with van der Waals surface area (Å²) in [6.45, 7) is 11.9. The molecule has 0 aromatic heterocycles. The monoisotopic (exact) mass is 258 g/mol. The zero-order valence-corrected chi connectivity index (χ0v) is 14.5. The maximum atomic E-state index is 2.59. The van der Waals surface area contributed by atoms with Crippen LogP contribution in [0.25, 0.3) is 0 Å². The first kappa shape index (κ1) is 15.6. The van der Waals surface area contributed by atoms with Crippen LogP contribution in [0.15, 0.2) is 0 Å². The van der Waals surface area contributed by atoms with Gasteiger partial charge < -0.3 is 4.23 Å². The van der Waals surface area contributed by atoms with Gasteiger partial charge in [-0.2, -0.15) is 0 Å². The third-order valence-corrected chi connectivity index (χ3v) is 11.0. The van der Waals surface area contributed by atoms with Crippen molar-refractivity contribution in [3.63, 3.8) is 0 Å². The summed E-state index contributed by atoms with van der Waals surface area (Å²) in [6.07, 6.45) is 4.53. The quantitative estimate of drug-likeness (QED) is 0.683. The van der Waals surface area contributed by atoms with E-state index in [0.717, 1.165) is 0 Å². The summed E-state index contributed by atoms with van der Waals surface area (Å²) in [5, 5.41) is 0. The van der Waals surface area contributed by atoms with Crippen LogP contribution in [0.1, 0.15) is 19.3 Å². The Morgan fingerprint density at radius 3 is 1.53 bits per heavy atom. The molecule has 0 spiro atoms. The van der Waals surface area contributed by atoms with Crippen LogP contribution in [0.4, 0.5) is 0 Å². The van der Waals surface area contributed by atoms with Crippen LogP contribution in [0.5, 0.6) is 0 Å². The van der Waals surface area contributed by atoms with Crippen LogP contribution < -0.4 is 0 Å². The molecular formula is C11H28NSi3. The highest BCUT2D eigenvalue weighted by Gasteiger charge is 2.22. The number of nitrogens with zero attached hydrogens (tertiary/aromatic N) is 1. The number of rotatable bonds is 2. The predicted molar refractivity (Wildman–Crippen MR) is 77.8 cm³/mol. The normalized spacial score (nSPS) is 17.6. The van der Waals surface area contributed by atoms with Gasteiger partial charge in [-0.05, 0) is 7.05 Å². The van der Waals surface area contributed by atoms with Crippen molar-refractivity contribution in [3.8, 4) is 0 Å². The summed E-state index contributed by atoms with van der Waals surface area (Å²) in [5.41, 5.74) is 0. The molecule has 1 saturated heterocycles. The van der Waals surface area contributed by atoms with Crippen LogP contribution in [0.2, 0.25) is 44.8 Å². The molecule has 0 saturated carbocycles. The Kier molecular flexibility index (Phi) is 8.13. The lowest BCUT2D eigenvalue weighted by atomic mass is 10.3. The lowest BCUT2D eigenvalue weighted by Gasteiger charge is -2.32. The van der Waals surface area contributed by atoms with Gasteiger partial charge in [0.25, 0.3) is 0 Å². The Morgan fingerprint density at radius 1 is 1.00 bits per heavy atom. The van der Waals surface area contributed by atoms with Crippen molar-refractivity contribution in [2.24, 2.45) is 0 Å². The van der Waals surface area contributed by atoms with Gasteiger partial charge in [-0.3, -0.25) is 0 Å². The third kappa shape index (κ3) is 8.42. The van der Waals surface area contributed by atoms with E-state index in [1.807, 2.05) is 0 Å². The van der Waals surface area contributed by atoms with E-state index in [2.05, 4.69) is 44.0 Å². The second-order valence-corrected chi connectivity index (χ2v) is 15.0. The molecular weight excluding hydrogens is 230 g/mol. The Labute approximate surface area is 102 Å². The van der Waals surface area contributed by atoms with Crippen LogP contribution in [-0.4, -0.2) is 38.0 Å². The molecule has 0 amide bonds. The smallest absolute Gasteiger partial charge is 0.122 e. The van der Waals surface area contributed by atoms with Gasteiger partial charge in [0.15, 0.2) is 0 Å². The average Bonchev–Trinajstić information content (AvgIpc) is 2.19. The van der Waals surface area contributed by atoms with E-state index < -0.39 is 8.24 Å². The van der Waals surface area contributed by atoms with E-state index in [0.29, 0.717) is 0 Å². The first-order valence-corrected chi connectivity index (χ1v) is 13.4. The number of hydrogen-bond donors (Lipinski definition) is 0. The standard InChI is InChI=1S/C6H18NSi2.C5H10Si/c1-7(8(2)3)9(4,5)6;1-2-4-6-5-3-1/h1-6H3;1-5H2. The highest BCUT2D eigenvalue weighted by molar-refractivity contribution is 6.82. The highest BCUT2D eigenvalue weighted by Crippen LogP contribution is 2.10. The van der Waals surface area contributed by atoms with E-state index in [1.54, 1.807) is 0 Å². The van der Waals surface area contributed by atoms with Crippen molar-refractivity contribution in [3.05, 3.63) is 0 Å². The lowest BCUT2D eigenvalue weighted by molar-refractivity contribution is 0.734. The van der Waals surface area contributed by atoms with Gasteiger partial charge in [0, 0.05) is 9.52 Å². The molecule has 0 aromatic rings. The Balaban J connectivity index is 0.000000280. The first-order valence-electron chi connectivity index (χ1n) is 6.10. The fourth-order valence-corrected chi connectivity index (χ4v) is 8.09. The van der Waals surface area contributed by atoms with Gasteiger partial charge in [0.1, 0.15) is 17.2 Å². The molecule has 1 heterocycles. The molecule has 0 N–H and O–H groups in total. The zero-order valence-electron chi connectivity index (χ0n) is 11.5. The zero-order chi connectivity index (χ0) is 11.9. The Bertz CT molecular complexity index is 139. The fraction of sp³-hybridized carbons (Fsp3) is 1.00. The molecule has 1 aliphatic rings. The minimum Gasteiger partial charge on any atom is -0.349 e. The predicted octanol–water partition coefficient (Wildman–Crippen LogP) is 3.72. The van der Waals surface area contributed by atoms with Crippen molar-refractivity contribution < 1.29 is 0 Å². The maximum Gasteiger partial charge on any atom is 0.122 e. The molecule has 0 unspecified atom stereocenters. The largest absolute Gasteiger partial charge is 0.349 e. The van der Waals surface area contributed by atoms with Crippen LogP contribution >= 0.6 is 0 Å². The van der Waals surface area contributed by atoms with Gasteiger partial charge in [-0.1, -0.05) is 64.1 Å². The van der Waals surface area contributed by atoms with Crippen molar-refractivity contribution in [2.75, 3.05) is 7.05 Å². The van der Waals surface area contributed by atoms with Gasteiger partial charge in [0.2, 0.25) is 0 Å². The molecule has 0 atom stereocenters. The van der Waals surface area contributed by atoms with E-state index >= 15 is 0 Å². The van der Waals surface area contributed by atoms with Crippen molar-refractivity contribution in [1.82, 2.24) is 4.23 Å². The second-order valence-electron chi connectivity index (χ2n) is 5.49. The maximum absolute atomic E-state index is 2.59. The van der Waals surface area contributed by atoms with Crippen LogP contribution in [0, 0.1) is 0 Å². The third-order valence-electron chi connectivity index (χ3n) is 2.88. The second kappa shape index (κ2) is 7.81. The van der Waals surface area contributed by atoms with Crippen molar-refractivity contribution in [2.45, 2.75) is 64.1 Å². The van der Waals surface area contributed by atoms with Crippen molar-refractivity contribution >= 4 is 26.7 Å². The summed E-state index contributed by atoms with van der Waals surface area (Å²) >= 11 is 0. The molecule has 0 aliphatic carbocycles. The molecule has 3 radical (unpaired) electrons. The topological polar surface area (TPSA) is 3.24 Å². The molecule has 0 bridgehead atoms. The molecule has 89 valence electrons. The highest BCUT2D eigenvalue weighted by atomic mass is 28.4. The molecule has 1 rings (SSSR count). The number of hydrogen-bond acceptors (Lipinski definition) is 1. The van der Waals surface area contributed by atoms with E-state index in [1.165, 1.54) is 40.9 Å². The summed E-state index contributed by atoms with van der Waals surface area (Å²) in [6, 6.07) is 3.06. The molecule has 1 fully saturated rings. The minimum atomic E-state index is -0.945. The summed E-state index contributed by atoms with van der Waals surface area (Å²) in [7, 11) is 2.45. The first-order chi connectivity index (χ1) is 6.85. The molecule has 1 aliphatic heterocycles. The van der Waals surface area contributed by atoms with E-state index in [9.17, 15) is 0 Å². The summed E-state index contributed by atoms with van der Waals surface area (Å²) in [4.78, 5) is 0. The van der Waals surface area contributed by atoms with Gasteiger partial charge in [0.05, 0.1) is 0 Å². The Morgan fingerprint density at radius 2 is 1.47 bits per heavy atom. The van der Waals surface area contributed by atoms with Gasteiger partial charge in [-0.15, -0.1) is 0 Å². The summed E-state index contributed by atoms with van der Waals surface area (Å²) in [5.74, 6) is 0.